The van der Waals surface area contributed by atoms with Gasteiger partial charge in [-0.05, 0) is 19.4 Å². The molecular weight excluding hydrogens is 266 g/mol. The Morgan fingerprint density at radius 2 is 2.30 bits per heavy atom. The van der Waals surface area contributed by atoms with Gasteiger partial charge in [0.05, 0.1) is 17.2 Å². The lowest BCUT2D eigenvalue weighted by atomic mass is 10.2. The van der Waals surface area contributed by atoms with E-state index < -0.39 is 16.9 Å². The van der Waals surface area contributed by atoms with Crippen LogP contribution in [0.2, 0.25) is 0 Å². The lowest BCUT2D eigenvalue weighted by molar-refractivity contribution is -0.384. The number of hydrogen-bond donors (Lipinski definition) is 3. The predicted octanol–water partition coefficient (Wildman–Crippen LogP) is 0.911. The van der Waals surface area contributed by atoms with Gasteiger partial charge in [0, 0.05) is 24.1 Å². The van der Waals surface area contributed by atoms with Gasteiger partial charge < -0.3 is 10.2 Å². The van der Waals surface area contributed by atoms with Crippen LogP contribution < -0.4 is 5.43 Å². The van der Waals surface area contributed by atoms with E-state index in [1.54, 1.807) is 6.92 Å². The molecule has 8 heteroatoms. The van der Waals surface area contributed by atoms with Gasteiger partial charge in [-0.25, -0.2) is 5.43 Å². The van der Waals surface area contributed by atoms with E-state index in [9.17, 15) is 20.0 Å². The quantitative estimate of drug-likeness (QED) is 0.406. The first kappa shape index (κ1) is 15.6. The van der Waals surface area contributed by atoms with Crippen LogP contribution in [0.5, 0.6) is 5.75 Å². The zero-order valence-corrected chi connectivity index (χ0v) is 10.8. The Morgan fingerprint density at radius 1 is 1.60 bits per heavy atom. The van der Waals surface area contributed by atoms with E-state index in [0.29, 0.717) is 6.42 Å². The second-order valence-corrected chi connectivity index (χ2v) is 4.18. The van der Waals surface area contributed by atoms with Crippen molar-refractivity contribution >= 4 is 17.8 Å². The highest BCUT2D eigenvalue weighted by Gasteiger charge is 2.09. The van der Waals surface area contributed by atoms with E-state index >= 15 is 0 Å². The third-order valence-corrected chi connectivity index (χ3v) is 2.40. The largest absolute Gasteiger partial charge is 0.507 e. The minimum absolute atomic E-state index is 0.107. The molecule has 0 aromatic heterocycles. The second kappa shape index (κ2) is 7.19. The SMILES string of the molecule is CC(O)CCC(=O)NN=Cc1cc([N+](=O)[O-])ccc1O. The van der Waals surface area contributed by atoms with Gasteiger partial charge in [0.25, 0.3) is 5.69 Å². The van der Waals surface area contributed by atoms with Gasteiger partial charge in [0.15, 0.2) is 0 Å². The zero-order chi connectivity index (χ0) is 15.1. The third kappa shape index (κ3) is 5.02. The van der Waals surface area contributed by atoms with E-state index in [2.05, 4.69) is 10.5 Å². The first-order chi connectivity index (χ1) is 9.40. The van der Waals surface area contributed by atoms with Crippen LogP contribution in [0.3, 0.4) is 0 Å². The number of carbonyl (C=O) groups excluding carboxylic acids is 1. The van der Waals surface area contributed by atoms with Crippen molar-refractivity contribution in [2.75, 3.05) is 0 Å². The molecule has 0 bridgehead atoms. The molecule has 1 aromatic rings. The fraction of sp³-hybridized carbons (Fsp3) is 0.333. The standard InChI is InChI=1S/C12H15N3O5/c1-8(16)2-5-12(18)14-13-7-9-6-10(15(19)20)3-4-11(9)17/h3-4,6-8,16-17H,2,5H2,1H3,(H,14,18). The fourth-order valence-electron chi connectivity index (χ4n) is 1.33. The number of nitrogens with zero attached hydrogens (tertiary/aromatic N) is 2. The van der Waals surface area contributed by atoms with Crippen LogP contribution in [-0.2, 0) is 4.79 Å². The van der Waals surface area contributed by atoms with Gasteiger partial charge in [0.1, 0.15) is 5.75 Å². The van der Waals surface area contributed by atoms with Gasteiger partial charge >= 0.3 is 0 Å². The van der Waals surface area contributed by atoms with Crippen LogP contribution in [0.15, 0.2) is 23.3 Å². The van der Waals surface area contributed by atoms with Gasteiger partial charge in [-0.3, -0.25) is 14.9 Å². The van der Waals surface area contributed by atoms with Crippen LogP contribution in [0.4, 0.5) is 5.69 Å². The molecule has 3 N–H and O–H groups in total. The van der Waals surface area contributed by atoms with Crippen molar-refractivity contribution in [2.24, 2.45) is 5.10 Å². The summed E-state index contributed by atoms with van der Waals surface area (Å²) in [6.07, 6.45) is 0.952. The topological polar surface area (TPSA) is 125 Å². The average Bonchev–Trinajstić information content (AvgIpc) is 2.38. The number of carbonyl (C=O) groups is 1. The van der Waals surface area contributed by atoms with Crippen molar-refractivity contribution in [3.8, 4) is 5.75 Å². The molecule has 8 nitrogen and oxygen atoms in total. The van der Waals surface area contributed by atoms with Crippen molar-refractivity contribution in [1.29, 1.82) is 0 Å². The number of non-ortho nitro benzene ring substituents is 1. The second-order valence-electron chi connectivity index (χ2n) is 4.18. The molecule has 1 rings (SSSR count). The van der Waals surface area contributed by atoms with Crippen molar-refractivity contribution in [3.05, 3.63) is 33.9 Å². The number of aromatic hydroxyl groups is 1. The van der Waals surface area contributed by atoms with Crippen LogP contribution in [0.25, 0.3) is 0 Å². The maximum Gasteiger partial charge on any atom is 0.270 e. The normalized spacial score (nSPS) is 12.3. The van der Waals surface area contributed by atoms with Crippen molar-refractivity contribution < 1.29 is 19.9 Å². The molecule has 1 amide bonds. The summed E-state index contributed by atoms with van der Waals surface area (Å²) >= 11 is 0. The first-order valence-corrected chi connectivity index (χ1v) is 5.87. The van der Waals surface area contributed by atoms with Crippen LogP contribution in [0, 0.1) is 10.1 Å². The Kier molecular flexibility index (Phi) is 5.60. The number of nitro benzene ring substituents is 1. The fourth-order valence-corrected chi connectivity index (χ4v) is 1.33. The first-order valence-electron chi connectivity index (χ1n) is 5.87. The van der Waals surface area contributed by atoms with Crippen LogP contribution in [-0.4, -0.2) is 33.4 Å². The van der Waals surface area contributed by atoms with Gasteiger partial charge in [-0.1, -0.05) is 0 Å². The van der Waals surface area contributed by atoms with E-state index in [1.807, 2.05) is 0 Å². The summed E-state index contributed by atoms with van der Waals surface area (Å²) in [5.41, 5.74) is 2.13. The average molecular weight is 281 g/mol. The third-order valence-electron chi connectivity index (χ3n) is 2.40. The Balaban J connectivity index is 2.64. The number of benzene rings is 1. The number of hydrogen-bond acceptors (Lipinski definition) is 6. The van der Waals surface area contributed by atoms with Gasteiger partial charge in [-0.15, -0.1) is 0 Å². The lowest BCUT2D eigenvalue weighted by Gasteiger charge is -2.02. The molecule has 108 valence electrons. The number of hydrazone groups is 1. The van der Waals surface area contributed by atoms with E-state index in [1.165, 1.54) is 6.07 Å². The number of aliphatic hydroxyl groups excluding tert-OH is 1. The Hall–Kier alpha value is -2.48. The number of amides is 1. The monoisotopic (exact) mass is 281 g/mol. The Bertz CT molecular complexity index is 528. The molecule has 0 fully saturated rings. The molecule has 0 radical (unpaired) electrons. The number of rotatable bonds is 6. The van der Waals surface area contributed by atoms with Crippen molar-refractivity contribution in [2.45, 2.75) is 25.9 Å². The molecule has 0 heterocycles. The molecule has 0 aliphatic heterocycles. The number of nitro groups is 1. The molecule has 0 aliphatic carbocycles. The van der Waals surface area contributed by atoms with Crippen molar-refractivity contribution in [1.82, 2.24) is 5.43 Å². The summed E-state index contributed by atoms with van der Waals surface area (Å²) in [5, 5.41) is 32.7. The lowest BCUT2D eigenvalue weighted by Crippen LogP contribution is -2.18. The molecule has 20 heavy (non-hydrogen) atoms. The molecule has 0 spiro atoms. The predicted molar refractivity (Wildman–Crippen MR) is 71.4 cm³/mol. The molecule has 0 aliphatic rings. The van der Waals surface area contributed by atoms with Gasteiger partial charge in [0.2, 0.25) is 5.91 Å². The number of nitrogens with one attached hydrogen (secondary N) is 1. The molecule has 1 atom stereocenters. The zero-order valence-electron chi connectivity index (χ0n) is 10.8. The van der Waals surface area contributed by atoms with Crippen LogP contribution in [0.1, 0.15) is 25.3 Å². The highest BCUT2D eigenvalue weighted by atomic mass is 16.6. The van der Waals surface area contributed by atoms with E-state index in [-0.39, 0.29) is 23.4 Å². The molecule has 0 saturated heterocycles. The highest BCUT2D eigenvalue weighted by Crippen LogP contribution is 2.21. The molecule has 1 unspecified atom stereocenters. The van der Waals surface area contributed by atoms with Gasteiger partial charge in [-0.2, -0.15) is 5.10 Å². The summed E-state index contributed by atoms with van der Waals surface area (Å²) < 4.78 is 0. The molecule has 1 aromatic carbocycles. The minimum Gasteiger partial charge on any atom is -0.507 e. The summed E-state index contributed by atoms with van der Waals surface area (Å²) in [4.78, 5) is 21.3. The van der Waals surface area contributed by atoms with E-state index in [0.717, 1.165) is 18.3 Å². The Morgan fingerprint density at radius 3 is 2.90 bits per heavy atom. The smallest absolute Gasteiger partial charge is 0.270 e. The summed E-state index contributed by atoms with van der Waals surface area (Å²) in [5.74, 6) is -0.579. The number of phenols is 1. The number of phenolic OH excluding ortho intramolecular Hbond substituents is 1. The molecular formula is C12H15N3O5. The summed E-state index contributed by atoms with van der Waals surface area (Å²) in [6.45, 7) is 1.57. The number of aliphatic hydroxyl groups is 1. The molecule has 0 saturated carbocycles. The van der Waals surface area contributed by atoms with E-state index in [4.69, 9.17) is 5.11 Å². The highest BCUT2D eigenvalue weighted by molar-refractivity contribution is 5.86. The summed E-state index contributed by atoms with van der Waals surface area (Å²) in [6, 6.07) is 3.48. The summed E-state index contributed by atoms with van der Waals surface area (Å²) in [7, 11) is 0. The Labute approximate surface area is 114 Å². The maximum absolute atomic E-state index is 11.3. The van der Waals surface area contributed by atoms with Crippen LogP contribution >= 0.6 is 0 Å². The van der Waals surface area contributed by atoms with Crippen molar-refractivity contribution in [3.63, 3.8) is 0 Å². The maximum atomic E-state index is 11.3. The minimum atomic E-state index is -0.599.